The maximum atomic E-state index is 13.2. The van der Waals surface area contributed by atoms with Crippen LogP contribution in [0, 0.1) is 6.92 Å². The summed E-state index contributed by atoms with van der Waals surface area (Å²) in [5, 5.41) is 0.281. The van der Waals surface area contributed by atoms with Crippen LogP contribution in [0.2, 0.25) is 0 Å². The van der Waals surface area contributed by atoms with Crippen molar-refractivity contribution in [3.8, 4) is 11.1 Å². The molecular formula is C31H36BrN7O7S2. The van der Waals surface area contributed by atoms with Crippen molar-refractivity contribution in [1.29, 1.82) is 0 Å². The number of imidazole rings is 2. The van der Waals surface area contributed by atoms with Gasteiger partial charge in [0.25, 0.3) is 25.6 Å². The van der Waals surface area contributed by atoms with E-state index < -0.39 is 20.0 Å². The van der Waals surface area contributed by atoms with Crippen LogP contribution in [-0.2, 0) is 36.6 Å². The molecule has 0 aliphatic carbocycles. The molecule has 2 unspecified atom stereocenters. The van der Waals surface area contributed by atoms with Crippen molar-refractivity contribution in [1.82, 2.24) is 31.9 Å². The lowest BCUT2D eigenvalue weighted by Gasteiger charge is -2.22. The number of fused-ring (bicyclic) bond motifs is 2. The van der Waals surface area contributed by atoms with Gasteiger partial charge >= 0.3 is 0 Å². The van der Waals surface area contributed by atoms with Crippen LogP contribution in [-0.4, -0.2) is 101 Å². The number of ether oxygens (including phenoxy) is 2. The van der Waals surface area contributed by atoms with Crippen LogP contribution in [0.4, 0.5) is 0 Å². The van der Waals surface area contributed by atoms with Gasteiger partial charge < -0.3 is 14.0 Å². The van der Waals surface area contributed by atoms with Crippen LogP contribution in [0.5, 0.6) is 0 Å². The highest BCUT2D eigenvalue weighted by Crippen LogP contribution is 2.26. The van der Waals surface area contributed by atoms with Crippen molar-refractivity contribution in [2.45, 2.75) is 41.9 Å². The molecule has 0 aromatic carbocycles. The molecule has 0 spiro atoms. The SMILES string of the molecule is CN(C1CCOC1)S(=O)(=O)c1cnc2ccc(Br)cn12.Cc1cc(-c2ccc3ncc(S(=O)(=O)N(C)C4CCOC4)n3c2)cn(C)c1=O. The molecule has 2 fully saturated rings. The van der Waals surface area contributed by atoms with Crippen molar-refractivity contribution >= 4 is 47.3 Å². The Labute approximate surface area is 286 Å². The molecule has 0 saturated carbocycles. The smallest absolute Gasteiger partial charge is 0.260 e. The van der Waals surface area contributed by atoms with Gasteiger partial charge in [0, 0.05) is 63.0 Å². The van der Waals surface area contributed by atoms with Gasteiger partial charge in [0.1, 0.15) is 11.3 Å². The maximum Gasteiger partial charge on any atom is 0.260 e. The van der Waals surface area contributed by atoms with E-state index >= 15 is 0 Å². The Kier molecular flexibility index (Phi) is 9.65. The third-order valence-electron chi connectivity index (χ3n) is 8.73. The van der Waals surface area contributed by atoms with E-state index in [4.69, 9.17) is 9.47 Å². The number of aryl methyl sites for hydroxylation is 2. The lowest BCUT2D eigenvalue weighted by Crippen LogP contribution is -2.37. The van der Waals surface area contributed by atoms with E-state index in [1.807, 2.05) is 12.1 Å². The minimum Gasteiger partial charge on any atom is -0.380 e. The molecule has 5 aromatic rings. The summed E-state index contributed by atoms with van der Waals surface area (Å²) in [6.07, 6.45) is 9.35. The Balaban J connectivity index is 0.000000177. The number of likely N-dealkylation sites (N-methyl/N-ethyl adjacent to an activating group) is 2. The summed E-state index contributed by atoms with van der Waals surface area (Å²) in [4.78, 5) is 20.4. The molecule has 0 amide bonds. The third-order valence-corrected chi connectivity index (χ3v) is 13.0. The van der Waals surface area contributed by atoms with E-state index in [9.17, 15) is 21.6 Å². The second kappa shape index (κ2) is 13.5. The first kappa shape index (κ1) is 34.4. The standard InChI is InChI=1S/C19H22N4O4S.C12H14BrN3O3S/c1-13-8-15(10-21(2)19(13)24)14-4-5-17-20-9-18(23(17)11-14)28(25,26)22(3)16-6-7-27-12-16;1-15(10-4-5-19-8-10)20(17,18)12-6-14-11-3-2-9(13)7-16(11)12/h4-5,8-11,16H,6-7,12H2,1-3H3;2-3,6-7,10H,4-5,8H2,1H3. The number of sulfonamides is 2. The van der Waals surface area contributed by atoms with E-state index in [0.717, 1.165) is 22.0 Å². The molecule has 256 valence electrons. The van der Waals surface area contributed by atoms with Crippen LogP contribution < -0.4 is 5.56 Å². The first-order chi connectivity index (χ1) is 22.8. The Morgan fingerprint density at radius 2 is 1.31 bits per heavy atom. The van der Waals surface area contributed by atoms with Crippen molar-refractivity contribution in [3.63, 3.8) is 0 Å². The molecule has 5 aromatic heterocycles. The van der Waals surface area contributed by atoms with Gasteiger partial charge in [0.2, 0.25) is 0 Å². The third kappa shape index (κ3) is 6.47. The zero-order valence-electron chi connectivity index (χ0n) is 26.9. The fraction of sp³-hybridized carbons (Fsp3) is 0.387. The molecule has 17 heteroatoms. The van der Waals surface area contributed by atoms with Gasteiger partial charge in [-0.3, -0.25) is 13.6 Å². The fourth-order valence-corrected chi connectivity index (χ4v) is 8.99. The highest BCUT2D eigenvalue weighted by molar-refractivity contribution is 9.10. The monoisotopic (exact) mass is 761 g/mol. The average Bonchev–Trinajstić information content (AvgIpc) is 3.89. The molecule has 2 aliphatic heterocycles. The highest BCUT2D eigenvalue weighted by atomic mass is 79.9. The summed E-state index contributed by atoms with van der Waals surface area (Å²) in [7, 11) is -2.45. The first-order valence-corrected chi connectivity index (χ1v) is 18.9. The van der Waals surface area contributed by atoms with Crippen LogP contribution in [0.1, 0.15) is 18.4 Å². The fourth-order valence-electron chi connectivity index (χ4n) is 5.78. The van der Waals surface area contributed by atoms with Gasteiger partial charge in [-0.15, -0.1) is 0 Å². The lowest BCUT2D eigenvalue weighted by atomic mass is 10.1. The molecule has 0 bridgehead atoms. The van der Waals surface area contributed by atoms with Crippen molar-refractivity contribution < 1.29 is 26.3 Å². The summed E-state index contributed by atoms with van der Waals surface area (Å²) < 4.78 is 70.5. The molecule has 48 heavy (non-hydrogen) atoms. The predicted molar refractivity (Wildman–Crippen MR) is 182 cm³/mol. The van der Waals surface area contributed by atoms with Crippen LogP contribution in [0.3, 0.4) is 0 Å². The molecule has 2 aliphatic rings. The van der Waals surface area contributed by atoms with Gasteiger partial charge in [-0.05, 0) is 77.2 Å². The molecule has 7 heterocycles. The van der Waals surface area contributed by atoms with Crippen molar-refractivity contribution in [2.75, 3.05) is 40.5 Å². The van der Waals surface area contributed by atoms with Gasteiger partial charge in [-0.25, -0.2) is 26.8 Å². The topological polar surface area (TPSA) is 150 Å². The van der Waals surface area contributed by atoms with Gasteiger partial charge in [-0.1, -0.05) is 0 Å². The number of halogens is 1. The Morgan fingerprint density at radius 1 is 0.792 bits per heavy atom. The number of rotatable bonds is 7. The van der Waals surface area contributed by atoms with E-state index in [2.05, 4.69) is 25.9 Å². The molecular weight excluding hydrogens is 726 g/mol. The number of hydrogen-bond donors (Lipinski definition) is 0. The Morgan fingerprint density at radius 3 is 1.81 bits per heavy atom. The first-order valence-electron chi connectivity index (χ1n) is 15.2. The van der Waals surface area contributed by atoms with Gasteiger partial charge in [-0.2, -0.15) is 8.61 Å². The second-order valence-electron chi connectivity index (χ2n) is 11.8. The summed E-state index contributed by atoms with van der Waals surface area (Å²) in [6, 6.07) is 8.74. The van der Waals surface area contributed by atoms with Crippen LogP contribution in [0.25, 0.3) is 22.4 Å². The highest BCUT2D eigenvalue weighted by Gasteiger charge is 2.34. The van der Waals surface area contributed by atoms with Crippen molar-refractivity contribution in [3.05, 3.63) is 81.7 Å². The number of pyridine rings is 3. The van der Waals surface area contributed by atoms with E-state index in [0.29, 0.717) is 49.7 Å². The van der Waals surface area contributed by atoms with Crippen molar-refractivity contribution in [2.24, 2.45) is 7.05 Å². The number of aromatic nitrogens is 5. The van der Waals surface area contributed by atoms with E-state index in [1.165, 1.54) is 25.6 Å². The zero-order valence-corrected chi connectivity index (χ0v) is 30.1. The minimum absolute atomic E-state index is 0.0591. The Bertz CT molecular complexity index is 2230. The number of nitrogens with zero attached hydrogens (tertiary/aromatic N) is 7. The van der Waals surface area contributed by atoms with Gasteiger partial charge in [0.05, 0.1) is 37.7 Å². The molecule has 0 N–H and O–H groups in total. The van der Waals surface area contributed by atoms with Crippen LogP contribution in [0.15, 0.2) is 80.6 Å². The molecule has 14 nitrogen and oxygen atoms in total. The number of hydrogen-bond acceptors (Lipinski definition) is 9. The lowest BCUT2D eigenvalue weighted by molar-refractivity contribution is 0.180. The van der Waals surface area contributed by atoms with Gasteiger partial charge in [0.15, 0.2) is 10.1 Å². The summed E-state index contributed by atoms with van der Waals surface area (Å²) in [5.74, 6) is 0. The Hall–Kier alpha value is -3.45. The zero-order chi connectivity index (χ0) is 34.4. The van der Waals surface area contributed by atoms with E-state index in [-0.39, 0.29) is 27.7 Å². The predicted octanol–water partition coefficient (Wildman–Crippen LogP) is 2.92. The second-order valence-corrected chi connectivity index (χ2v) is 16.6. The molecule has 2 saturated heterocycles. The molecule has 0 radical (unpaired) electrons. The normalized spacial score (nSPS) is 18.6. The average molecular weight is 763 g/mol. The quantitative estimate of drug-likeness (QED) is 0.244. The van der Waals surface area contributed by atoms with Crippen LogP contribution >= 0.6 is 15.9 Å². The molecule has 2 atom stereocenters. The largest absolute Gasteiger partial charge is 0.380 e. The molecule has 7 rings (SSSR count). The summed E-state index contributed by atoms with van der Waals surface area (Å²) in [5.41, 5.74) is 3.34. The maximum absolute atomic E-state index is 13.2. The summed E-state index contributed by atoms with van der Waals surface area (Å²) in [6.45, 7) is 3.76. The summed E-state index contributed by atoms with van der Waals surface area (Å²) >= 11 is 3.34. The van der Waals surface area contributed by atoms with E-state index in [1.54, 1.807) is 73.7 Å². The minimum atomic E-state index is -3.73.